The summed E-state index contributed by atoms with van der Waals surface area (Å²) in [6, 6.07) is 10.4. The van der Waals surface area contributed by atoms with Crippen LogP contribution in [-0.2, 0) is 0 Å². The number of ether oxygens (including phenoxy) is 1. The van der Waals surface area contributed by atoms with Gasteiger partial charge in [0.1, 0.15) is 12.4 Å². The van der Waals surface area contributed by atoms with Crippen LogP contribution in [0.5, 0.6) is 5.75 Å². The minimum absolute atomic E-state index is 0.374. The van der Waals surface area contributed by atoms with Crippen LogP contribution in [0.3, 0.4) is 0 Å². The average molecular weight is 373 g/mol. The van der Waals surface area contributed by atoms with Gasteiger partial charge in [-0.05, 0) is 43.2 Å². The minimum Gasteiger partial charge on any atom is -0.491 e. The molecular weight excluding hydrogens is 356 g/mol. The summed E-state index contributed by atoms with van der Waals surface area (Å²) in [5.41, 5.74) is 2.02. The van der Waals surface area contributed by atoms with E-state index in [0.29, 0.717) is 12.6 Å². The van der Waals surface area contributed by atoms with Crippen LogP contribution < -0.4 is 9.64 Å². The topological polar surface area (TPSA) is 54.0 Å². The normalized spacial score (nSPS) is 17.8. The van der Waals surface area contributed by atoms with Crippen molar-refractivity contribution in [2.45, 2.75) is 18.9 Å². The fourth-order valence-electron chi connectivity index (χ4n) is 3.14. The molecule has 1 aromatic carbocycles. The molecule has 5 nitrogen and oxygen atoms in total. The maximum Gasteiger partial charge on any atom is 0.157 e. The molecule has 0 amide bonds. The van der Waals surface area contributed by atoms with Crippen LogP contribution >= 0.6 is 15.9 Å². The molecule has 0 spiro atoms. The molecule has 3 heterocycles. The van der Waals surface area contributed by atoms with Crippen LogP contribution in [0.25, 0.3) is 11.0 Å². The highest BCUT2D eigenvalue weighted by atomic mass is 79.9. The van der Waals surface area contributed by atoms with Gasteiger partial charge in [-0.15, -0.1) is 0 Å². The van der Waals surface area contributed by atoms with Crippen molar-refractivity contribution >= 4 is 32.7 Å². The third-order valence-corrected chi connectivity index (χ3v) is 4.80. The molecule has 0 bridgehead atoms. The summed E-state index contributed by atoms with van der Waals surface area (Å²) < 4.78 is 7.05. The zero-order chi connectivity index (χ0) is 15.6. The number of nitrogens with zero attached hydrogens (tertiary/aromatic N) is 3. The van der Waals surface area contributed by atoms with Crippen LogP contribution in [0, 0.1) is 0 Å². The highest BCUT2D eigenvalue weighted by Gasteiger charge is 2.27. The van der Waals surface area contributed by atoms with Crippen LogP contribution in [0.15, 0.2) is 47.2 Å². The summed E-state index contributed by atoms with van der Waals surface area (Å²) in [5.74, 6) is 0.906. The van der Waals surface area contributed by atoms with Gasteiger partial charge in [0.2, 0.25) is 0 Å². The van der Waals surface area contributed by atoms with Crippen molar-refractivity contribution < 1.29 is 4.74 Å². The number of hydrogen-bond donors (Lipinski definition) is 1. The molecule has 1 fully saturated rings. The number of aromatic nitrogens is 3. The lowest BCUT2D eigenvalue weighted by atomic mass is 10.2. The van der Waals surface area contributed by atoms with Gasteiger partial charge in [-0.25, -0.2) is 4.98 Å². The van der Waals surface area contributed by atoms with Crippen molar-refractivity contribution in [3.05, 3.63) is 47.2 Å². The van der Waals surface area contributed by atoms with E-state index in [2.05, 4.69) is 42.1 Å². The van der Waals surface area contributed by atoms with Gasteiger partial charge >= 0.3 is 0 Å². The van der Waals surface area contributed by atoms with E-state index in [-0.39, 0.29) is 0 Å². The maximum atomic E-state index is 5.99. The Hall–Kier alpha value is -2.08. The molecule has 0 unspecified atom stereocenters. The van der Waals surface area contributed by atoms with Crippen molar-refractivity contribution in [2.24, 2.45) is 0 Å². The lowest BCUT2D eigenvalue weighted by Gasteiger charge is -2.27. The fraction of sp³-hybridized carbons (Fsp3) is 0.294. The number of benzene rings is 1. The predicted molar refractivity (Wildman–Crippen MR) is 93.9 cm³/mol. The third-order valence-electron chi connectivity index (χ3n) is 4.27. The highest BCUT2D eigenvalue weighted by molar-refractivity contribution is 9.10. The Morgan fingerprint density at radius 2 is 2.13 bits per heavy atom. The second-order valence-electron chi connectivity index (χ2n) is 5.72. The smallest absolute Gasteiger partial charge is 0.157 e. The number of H-pyrrole nitrogens is 1. The number of fused-ring (bicyclic) bond motifs is 1. The highest BCUT2D eigenvalue weighted by Crippen LogP contribution is 2.31. The molecule has 0 aliphatic carbocycles. The van der Waals surface area contributed by atoms with Crippen molar-refractivity contribution in [3.8, 4) is 5.75 Å². The van der Waals surface area contributed by atoms with Crippen LogP contribution in [0.1, 0.15) is 12.8 Å². The van der Waals surface area contributed by atoms with Crippen LogP contribution in [-0.4, -0.2) is 34.4 Å². The Morgan fingerprint density at radius 1 is 1.26 bits per heavy atom. The van der Waals surface area contributed by atoms with Crippen LogP contribution in [0.2, 0.25) is 0 Å². The van der Waals surface area contributed by atoms with Crippen molar-refractivity contribution in [1.29, 1.82) is 0 Å². The predicted octanol–water partition coefficient (Wildman–Crippen LogP) is 3.77. The fourth-order valence-corrected chi connectivity index (χ4v) is 3.40. The standard InChI is InChI=1S/C17H17BrN4O/c18-12-3-5-14(6-4-12)23-11-13-2-1-9-22(13)16-7-8-19-17-15(16)10-20-21-17/h3-8,10,13H,1-2,9,11H2,(H,19,20,21)/t13-/m0/s1. The Bertz CT molecular complexity index is 802. The van der Waals surface area contributed by atoms with Gasteiger partial charge in [0, 0.05) is 17.2 Å². The molecule has 2 aromatic heterocycles. The van der Waals surface area contributed by atoms with Gasteiger partial charge < -0.3 is 9.64 Å². The molecule has 0 radical (unpaired) electrons. The summed E-state index contributed by atoms with van der Waals surface area (Å²) >= 11 is 3.44. The summed E-state index contributed by atoms with van der Waals surface area (Å²) in [5, 5.41) is 8.12. The second-order valence-corrected chi connectivity index (χ2v) is 6.63. The number of aromatic amines is 1. The molecule has 3 aromatic rings. The number of rotatable bonds is 4. The van der Waals surface area contributed by atoms with E-state index in [9.17, 15) is 0 Å². The first kappa shape index (κ1) is 14.5. The molecule has 118 valence electrons. The molecule has 1 N–H and O–H groups in total. The summed E-state index contributed by atoms with van der Waals surface area (Å²) in [7, 11) is 0. The first-order valence-electron chi connectivity index (χ1n) is 7.74. The molecule has 1 aliphatic rings. The van der Waals surface area contributed by atoms with E-state index >= 15 is 0 Å². The van der Waals surface area contributed by atoms with Gasteiger partial charge in [0.15, 0.2) is 5.65 Å². The van der Waals surface area contributed by atoms with Crippen molar-refractivity contribution in [2.75, 3.05) is 18.1 Å². The molecule has 1 saturated heterocycles. The maximum absolute atomic E-state index is 5.99. The average Bonchev–Trinajstić information content (AvgIpc) is 3.23. The number of hydrogen-bond acceptors (Lipinski definition) is 4. The van der Waals surface area contributed by atoms with E-state index in [1.807, 2.05) is 36.7 Å². The van der Waals surface area contributed by atoms with Gasteiger partial charge in [-0.1, -0.05) is 15.9 Å². The minimum atomic E-state index is 0.374. The summed E-state index contributed by atoms with van der Waals surface area (Å²) in [6.45, 7) is 1.72. The number of anilines is 1. The lowest BCUT2D eigenvalue weighted by Crippen LogP contribution is -2.34. The van der Waals surface area contributed by atoms with Crippen molar-refractivity contribution in [3.63, 3.8) is 0 Å². The lowest BCUT2D eigenvalue weighted by molar-refractivity contribution is 0.288. The van der Waals surface area contributed by atoms with Gasteiger partial charge in [0.25, 0.3) is 0 Å². The Morgan fingerprint density at radius 3 is 3.00 bits per heavy atom. The SMILES string of the molecule is Brc1ccc(OC[C@@H]2CCCN2c2ccnc3[nH]ncc23)cc1. The molecule has 4 rings (SSSR count). The molecule has 23 heavy (non-hydrogen) atoms. The first-order valence-corrected chi connectivity index (χ1v) is 8.53. The Balaban J connectivity index is 1.52. The van der Waals surface area contributed by atoms with Crippen molar-refractivity contribution in [1.82, 2.24) is 15.2 Å². The molecule has 6 heteroatoms. The monoisotopic (exact) mass is 372 g/mol. The largest absolute Gasteiger partial charge is 0.491 e. The molecule has 1 atom stereocenters. The summed E-state index contributed by atoms with van der Waals surface area (Å²) in [6.07, 6.45) is 6.00. The number of pyridine rings is 1. The number of halogens is 1. The Labute approximate surface area is 142 Å². The summed E-state index contributed by atoms with van der Waals surface area (Å²) in [4.78, 5) is 6.73. The Kier molecular flexibility index (Phi) is 3.91. The zero-order valence-electron chi connectivity index (χ0n) is 12.6. The van der Waals surface area contributed by atoms with E-state index in [4.69, 9.17) is 4.74 Å². The quantitative estimate of drug-likeness (QED) is 0.757. The first-order chi connectivity index (χ1) is 11.3. The molecular formula is C17H17BrN4O. The molecule has 1 aliphatic heterocycles. The van der Waals surface area contributed by atoms with E-state index in [0.717, 1.165) is 34.2 Å². The second kappa shape index (κ2) is 6.20. The van der Waals surface area contributed by atoms with Gasteiger partial charge in [-0.3, -0.25) is 5.10 Å². The van der Waals surface area contributed by atoms with E-state index in [1.165, 1.54) is 12.1 Å². The van der Waals surface area contributed by atoms with E-state index < -0.39 is 0 Å². The third kappa shape index (κ3) is 2.91. The van der Waals surface area contributed by atoms with Crippen LogP contribution in [0.4, 0.5) is 5.69 Å². The van der Waals surface area contributed by atoms with E-state index in [1.54, 1.807) is 0 Å². The number of nitrogens with one attached hydrogen (secondary N) is 1. The van der Waals surface area contributed by atoms with Gasteiger partial charge in [-0.2, -0.15) is 5.10 Å². The zero-order valence-corrected chi connectivity index (χ0v) is 14.2. The van der Waals surface area contributed by atoms with Gasteiger partial charge in [0.05, 0.1) is 23.3 Å². The molecule has 0 saturated carbocycles.